The zero-order valence-corrected chi connectivity index (χ0v) is 16.4. The van der Waals surface area contributed by atoms with Gasteiger partial charge < -0.3 is 10.1 Å². The summed E-state index contributed by atoms with van der Waals surface area (Å²) in [6, 6.07) is 11.1. The molecule has 0 radical (unpaired) electrons. The van der Waals surface area contributed by atoms with Crippen LogP contribution in [-0.4, -0.2) is 27.5 Å². The third-order valence-electron chi connectivity index (χ3n) is 3.19. The molecule has 0 spiro atoms. The van der Waals surface area contributed by atoms with Gasteiger partial charge in [0.15, 0.2) is 0 Å². The monoisotopic (exact) mass is 426 g/mol. The smallest absolute Gasteiger partial charge is 0.255 e. The lowest BCUT2D eigenvalue weighted by atomic mass is 10.2. The molecule has 0 aliphatic rings. The average molecular weight is 427 g/mol. The molecule has 2 N–H and O–H groups in total. The minimum absolute atomic E-state index is 0.0782. The van der Waals surface area contributed by atoms with E-state index in [9.17, 15) is 13.2 Å². The Morgan fingerprint density at radius 3 is 2.48 bits per heavy atom. The highest BCUT2D eigenvalue weighted by Gasteiger charge is 2.22. The van der Waals surface area contributed by atoms with Crippen LogP contribution in [0, 0.1) is 0 Å². The van der Waals surface area contributed by atoms with Gasteiger partial charge >= 0.3 is 0 Å². The lowest BCUT2D eigenvalue weighted by molar-refractivity contribution is 0.102. The maximum absolute atomic E-state index is 12.5. The Labute approximate surface area is 155 Å². The molecule has 25 heavy (non-hydrogen) atoms. The molecule has 6 nitrogen and oxygen atoms in total. The molecule has 0 saturated carbocycles. The summed E-state index contributed by atoms with van der Waals surface area (Å²) in [5.74, 6) is -0.242. The van der Waals surface area contributed by atoms with E-state index >= 15 is 0 Å². The van der Waals surface area contributed by atoms with Gasteiger partial charge in [-0.15, -0.1) is 0 Å². The first-order valence-corrected chi connectivity index (χ1v) is 9.78. The van der Waals surface area contributed by atoms with E-state index in [1.54, 1.807) is 32.0 Å². The summed E-state index contributed by atoms with van der Waals surface area (Å²) in [4.78, 5) is 12.4. The zero-order valence-electron chi connectivity index (χ0n) is 14.0. The van der Waals surface area contributed by atoms with E-state index in [4.69, 9.17) is 4.74 Å². The van der Waals surface area contributed by atoms with Crippen LogP contribution in [-0.2, 0) is 10.0 Å². The molecule has 0 unspecified atom stereocenters. The largest absolute Gasteiger partial charge is 0.495 e. The first kappa shape index (κ1) is 19.4. The summed E-state index contributed by atoms with van der Waals surface area (Å²) in [6.45, 7) is 3.43. The van der Waals surface area contributed by atoms with E-state index in [0.29, 0.717) is 5.69 Å². The van der Waals surface area contributed by atoms with Gasteiger partial charge in [-0.25, -0.2) is 13.1 Å². The van der Waals surface area contributed by atoms with Crippen LogP contribution in [0.25, 0.3) is 0 Å². The summed E-state index contributed by atoms with van der Waals surface area (Å²) in [6.07, 6.45) is 0. The van der Waals surface area contributed by atoms with Crippen molar-refractivity contribution in [2.24, 2.45) is 0 Å². The second kappa shape index (κ2) is 7.99. The molecule has 2 rings (SSSR count). The van der Waals surface area contributed by atoms with Crippen molar-refractivity contribution in [3.63, 3.8) is 0 Å². The molecule has 0 aromatic heterocycles. The predicted octanol–water partition coefficient (Wildman–Crippen LogP) is 3.40. The fourth-order valence-corrected chi connectivity index (χ4v) is 4.02. The summed E-state index contributed by atoms with van der Waals surface area (Å²) in [7, 11) is -2.42. The highest BCUT2D eigenvalue weighted by atomic mass is 79.9. The Bertz CT molecular complexity index is 882. The maximum atomic E-state index is 12.5. The molecule has 1 amide bonds. The number of nitrogens with one attached hydrogen (secondary N) is 2. The number of halogens is 1. The van der Waals surface area contributed by atoms with E-state index in [1.165, 1.54) is 25.3 Å². The fourth-order valence-electron chi connectivity index (χ4n) is 2.17. The van der Waals surface area contributed by atoms with Crippen LogP contribution in [0.1, 0.15) is 24.2 Å². The maximum Gasteiger partial charge on any atom is 0.255 e. The first-order valence-electron chi connectivity index (χ1n) is 7.50. The van der Waals surface area contributed by atoms with Crippen molar-refractivity contribution in [3.05, 3.63) is 52.5 Å². The van der Waals surface area contributed by atoms with Crippen LogP contribution in [0.5, 0.6) is 5.75 Å². The van der Waals surface area contributed by atoms with Crippen LogP contribution in [0.3, 0.4) is 0 Å². The van der Waals surface area contributed by atoms with Gasteiger partial charge in [-0.3, -0.25) is 4.79 Å². The van der Waals surface area contributed by atoms with Crippen molar-refractivity contribution < 1.29 is 17.9 Å². The molecule has 0 heterocycles. The second-order valence-electron chi connectivity index (χ2n) is 5.61. The van der Waals surface area contributed by atoms with Crippen LogP contribution in [0.2, 0.25) is 0 Å². The minimum atomic E-state index is -3.80. The fraction of sp³-hybridized carbons (Fsp3) is 0.235. The number of hydrogen-bond donors (Lipinski definition) is 2. The molecular weight excluding hydrogens is 408 g/mol. The number of carbonyl (C=O) groups is 1. The molecule has 8 heteroatoms. The minimum Gasteiger partial charge on any atom is -0.495 e. The summed E-state index contributed by atoms with van der Waals surface area (Å²) >= 11 is 3.33. The predicted molar refractivity (Wildman–Crippen MR) is 101 cm³/mol. The number of sulfonamides is 1. The summed E-state index contributed by atoms with van der Waals surface area (Å²) < 4.78 is 33.4. The van der Waals surface area contributed by atoms with Crippen molar-refractivity contribution in [2.75, 3.05) is 12.4 Å². The lowest BCUT2D eigenvalue weighted by Crippen LogP contribution is -2.30. The van der Waals surface area contributed by atoms with Crippen LogP contribution < -0.4 is 14.8 Å². The number of ether oxygens (including phenoxy) is 1. The van der Waals surface area contributed by atoms with Crippen molar-refractivity contribution in [1.82, 2.24) is 4.72 Å². The molecule has 0 saturated heterocycles. The Kier molecular flexibility index (Phi) is 6.21. The number of rotatable bonds is 6. The Morgan fingerprint density at radius 1 is 1.16 bits per heavy atom. The third kappa shape index (κ3) is 5.04. The Morgan fingerprint density at radius 2 is 1.88 bits per heavy atom. The number of hydrogen-bond acceptors (Lipinski definition) is 4. The van der Waals surface area contributed by atoms with Gasteiger partial charge in [0, 0.05) is 21.8 Å². The second-order valence-corrected chi connectivity index (χ2v) is 8.20. The summed E-state index contributed by atoms with van der Waals surface area (Å²) in [5.41, 5.74) is 0.810. The molecule has 134 valence electrons. The van der Waals surface area contributed by atoms with Gasteiger partial charge in [0.2, 0.25) is 10.0 Å². The molecule has 2 aromatic carbocycles. The van der Waals surface area contributed by atoms with E-state index in [2.05, 4.69) is 26.0 Å². The van der Waals surface area contributed by atoms with Gasteiger partial charge in [-0.1, -0.05) is 22.0 Å². The molecule has 0 atom stereocenters. The average Bonchev–Trinajstić information content (AvgIpc) is 2.53. The lowest BCUT2D eigenvalue weighted by Gasteiger charge is -2.14. The van der Waals surface area contributed by atoms with E-state index in [0.717, 1.165) is 4.47 Å². The van der Waals surface area contributed by atoms with Crippen molar-refractivity contribution in [1.29, 1.82) is 0 Å². The quantitative estimate of drug-likeness (QED) is 0.740. The van der Waals surface area contributed by atoms with E-state index in [-0.39, 0.29) is 22.3 Å². The molecular formula is C17H19BrN2O4S. The number of carbonyl (C=O) groups excluding carboxylic acids is 1. The number of benzene rings is 2. The molecule has 2 aromatic rings. The van der Waals surface area contributed by atoms with Crippen molar-refractivity contribution in [3.8, 4) is 5.75 Å². The molecule has 0 bridgehead atoms. The van der Waals surface area contributed by atoms with Crippen LogP contribution >= 0.6 is 15.9 Å². The van der Waals surface area contributed by atoms with Crippen molar-refractivity contribution >= 4 is 37.5 Å². The van der Waals surface area contributed by atoms with Gasteiger partial charge in [0.25, 0.3) is 5.91 Å². The number of methoxy groups -OCH3 is 1. The standard InChI is InChI=1S/C17H19BrN2O4S/c1-11(2)20-25(22,23)16-9-12(7-8-15(16)24-3)17(21)19-14-6-4-5-13(18)10-14/h4-11,20H,1-3H3,(H,19,21). The topological polar surface area (TPSA) is 84.5 Å². The Balaban J connectivity index is 2.36. The van der Waals surface area contributed by atoms with Crippen molar-refractivity contribution in [2.45, 2.75) is 24.8 Å². The molecule has 0 fully saturated rings. The van der Waals surface area contributed by atoms with E-state index < -0.39 is 15.9 Å². The van der Waals surface area contributed by atoms with Gasteiger partial charge in [0.05, 0.1) is 7.11 Å². The first-order chi connectivity index (χ1) is 11.7. The Hall–Kier alpha value is -1.90. The molecule has 0 aliphatic carbocycles. The summed E-state index contributed by atoms with van der Waals surface area (Å²) in [5, 5.41) is 2.73. The van der Waals surface area contributed by atoms with Crippen LogP contribution in [0.4, 0.5) is 5.69 Å². The third-order valence-corrected chi connectivity index (χ3v) is 5.36. The van der Waals surface area contributed by atoms with Gasteiger partial charge in [-0.05, 0) is 50.2 Å². The van der Waals surface area contributed by atoms with Crippen LogP contribution in [0.15, 0.2) is 51.8 Å². The normalized spacial score (nSPS) is 11.4. The SMILES string of the molecule is COc1ccc(C(=O)Nc2cccc(Br)c2)cc1S(=O)(=O)NC(C)C. The number of amides is 1. The van der Waals surface area contributed by atoms with Gasteiger partial charge in [0.1, 0.15) is 10.6 Å². The highest BCUT2D eigenvalue weighted by Crippen LogP contribution is 2.26. The highest BCUT2D eigenvalue weighted by molar-refractivity contribution is 9.10. The van der Waals surface area contributed by atoms with Gasteiger partial charge in [-0.2, -0.15) is 0 Å². The molecule has 0 aliphatic heterocycles. The van der Waals surface area contributed by atoms with E-state index in [1.807, 2.05) is 6.07 Å². The number of anilines is 1. The zero-order chi connectivity index (χ0) is 18.6.